The summed E-state index contributed by atoms with van der Waals surface area (Å²) in [6.07, 6.45) is 0. The monoisotopic (exact) mass is 374 g/mol. The average Bonchev–Trinajstić information content (AvgIpc) is 2.96. The number of thiophene rings is 1. The Morgan fingerprint density at radius 3 is 2.52 bits per heavy atom. The molecule has 1 aromatic heterocycles. The van der Waals surface area contributed by atoms with Crippen molar-refractivity contribution in [2.24, 2.45) is 5.14 Å². The van der Waals surface area contributed by atoms with Crippen LogP contribution in [0.5, 0.6) is 0 Å². The van der Waals surface area contributed by atoms with E-state index in [1.807, 2.05) is 49.4 Å². The SMILES string of the molecule is Cc1cc(S(N)(=O)=O)sc1C(=O)NC(C)c1cccc2ccccc12. The van der Waals surface area contributed by atoms with E-state index < -0.39 is 10.0 Å². The third kappa shape index (κ3) is 3.58. The standard InChI is InChI=1S/C18H18N2O3S2/c1-11-10-16(25(19,22)23)24-17(11)18(21)20-12(2)14-9-5-7-13-6-3-4-8-15(13)14/h3-10,12H,1-2H3,(H,20,21)(H2,19,22,23). The van der Waals surface area contributed by atoms with Crippen molar-refractivity contribution in [3.63, 3.8) is 0 Å². The summed E-state index contributed by atoms with van der Waals surface area (Å²) in [7, 11) is -3.81. The Morgan fingerprint density at radius 1 is 1.16 bits per heavy atom. The first-order valence-electron chi connectivity index (χ1n) is 7.69. The highest BCUT2D eigenvalue weighted by Crippen LogP contribution is 2.27. The van der Waals surface area contributed by atoms with Gasteiger partial charge in [-0.15, -0.1) is 11.3 Å². The lowest BCUT2D eigenvalue weighted by molar-refractivity contribution is 0.0943. The molecule has 0 aliphatic rings. The summed E-state index contributed by atoms with van der Waals surface area (Å²) in [6, 6.07) is 15.1. The number of nitrogens with one attached hydrogen (secondary N) is 1. The van der Waals surface area contributed by atoms with E-state index in [9.17, 15) is 13.2 Å². The van der Waals surface area contributed by atoms with E-state index in [2.05, 4.69) is 5.32 Å². The van der Waals surface area contributed by atoms with Crippen molar-refractivity contribution in [3.05, 3.63) is 64.5 Å². The second-order valence-electron chi connectivity index (χ2n) is 5.89. The second-order valence-corrected chi connectivity index (χ2v) is 8.73. The summed E-state index contributed by atoms with van der Waals surface area (Å²) in [5.74, 6) is -0.308. The molecule has 3 N–H and O–H groups in total. The van der Waals surface area contributed by atoms with Crippen molar-refractivity contribution >= 4 is 38.0 Å². The third-order valence-corrected chi connectivity index (χ3v) is 6.68. The van der Waals surface area contributed by atoms with E-state index in [-0.39, 0.29) is 16.2 Å². The van der Waals surface area contributed by atoms with Crippen LogP contribution in [0.25, 0.3) is 10.8 Å². The number of amides is 1. The molecule has 3 rings (SSSR count). The van der Waals surface area contributed by atoms with Crippen LogP contribution < -0.4 is 10.5 Å². The van der Waals surface area contributed by atoms with Crippen LogP contribution in [0.2, 0.25) is 0 Å². The van der Waals surface area contributed by atoms with E-state index in [0.29, 0.717) is 10.4 Å². The minimum Gasteiger partial charge on any atom is -0.345 e. The largest absolute Gasteiger partial charge is 0.345 e. The predicted octanol–water partition coefficient (Wildman–Crippen LogP) is 3.35. The van der Waals surface area contributed by atoms with Crippen molar-refractivity contribution in [3.8, 4) is 0 Å². The molecule has 0 fully saturated rings. The van der Waals surface area contributed by atoms with Gasteiger partial charge in [0.1, 0.15) is 4.21 Å². The van der Waals surface area contributed by atoms with Crippen molar-refractivity contribution in [2.75, 3.05) is 0 Å². The molecule has 3 aromatic rings. The van der Waals surface area contributed by atoms with Gasteiger partial charge in [-0.1, -0.05) is 42.5 Å². The fourth-order valence-corrected chi connectivity index (χ4v) is 4.65. The van der Waals surface area contributed by atoms with E-state index >= 15 is 0 Å². The van der Waals surface area contributed by atoms with Gasteiger partial charge in [0.2, 0.25) is 10.0 Å². The van der Waals surface area contributed by atoms with Gasteiger partial charge in [0, 0.05) is 0 Å². The molecule has 1 heterocycles. The molecule has 130 valence electrons. The average molecular weight is 374 g/mol. The zero-order valence-electron chi connectivity index (χ0n) is 13.8. The summed E-state index contributed by atoms with van der Waals surface area (Å²) >= 11 is 0.890. The number of nitrogens with two attached hydrogens (primary N) is 1. The quantitative estimate of drug-likeness (QED) is 0.734. The highest BCUT2D eigenvalue weighted by atomic mass is 32.2. The lowest BCUT2D eigenvalue weighted by atomic mass is 9.99. The smallest absolute Gasteiger partial charge is 0.262 e. The van der Waals surface area contributed by atoms with Crippen molar-refractivity contribution < 1.29 is 13.2 Å². The number of hydrogen-bond donors (Lipinski definition) is 2. The first kappa shape index (κ1) is 17.6. The summed E-state index contributed by atoms with van der Waals surface area (Å²) in [6.45, 7) is 3.60. The molecular formula is C18H18N2O3S2. The number of carbonyl (C=O) groups is 1. The number of sulfonamides is 1. The van der Waals surface area contributed by atoms with Crippen LogP contribution in [0, 0.1) is 6.92 Å². The van der Waals surface area contributed by atoms with Crippen molar-refractivity contribution in [1.29, 1.82) is 0 Å². The minimum atomic E-state index is -3.81. The maximum absolute atomic E-state index is 12.6. The zero-order chi connectivity index (χ0) is 18.2. The molecular weight excluding hydrogens is 356 g/mol. The third-order valence-electron chi connectivity index (χ3n) is 4.02. The van der Waals surface area contributed by atoms with E-state index in [1.165, 1.54) is 6.07 Å². The molecule has 1 amide bonds. The lowest BCUT2D eigenvalue weighted by Crippen LogP contribution is -2.26. The van der Waals surface area contributed by atoms with Gasteiger partial charge in [-0.2, -0.15) is 0 Å². The van der Waals surface area contributed by atoms with Crippen molar-refractivity contribution in [1.82, 2.24) is 5.32 Å². The summed E-state index contributed by atoms with van der Waals surface area (Å²) in [4.78, 5) is 12.9. The molecule has 0 spiro atoms. The van der Waals surface area contributed by atoms with Gasteiger partial charge in [-0.3, -0.25) is 4.79 Å². The molecule has 2 aromatic carbocycles. The highest BCUT2D eigenvalue weighted by Gasteiger charge is 2.21. The molecule has 1 unspecified atom stereocenters. The van der Waals surface area contributed by atoms with Crippen LogP contribution in [0.1, 0.15) is 33.8 Å². The molecule has 0 aliphatic heterocycles. The van der Waals surface area contributed by atoms with Crippen LogP contribution in [-0.4, -0.2) is 14.3 Å². The van der Waals surface area contributed by atoms with Crippen molar-refractivity contribution in [2.45, 2.75) is 24.1 Å². The number of primary sulfonamides is 1. The van der Waals surface area contributed by atoms with Crippen LogP contribution in [0.3, 0.4) is 0 Å². The Kier molecular flexibility index (Phi) is 4.64. The maximum Gasteiger partial charge on any atom is 0.262 e. The summed E-state index contributed by atoms with van der Waals surface area (Å²) in [5, 5.41) is 10.3. The fourth-order valence-electron chi connectivity index (χ4n) is 2.79. The first-order valence-corrected chi connectivity index (χ1v) is 10.1. The second kappa shape index (κ2) is 6.59. The number of hydrogen-bond acceptors (Lipinski definition) is 4. The van der Waals surface area contributed by atoms with Crippen LogP contribution in [0.15, 0.2) is 52.7 Å². The van der Waals surface area contributed by atoms with Gasteiger partial charge in [-0.25, -0.2) is 13.6 Å². The Labute approximate surface area is 150 Å². The highest BCUT2D eigenvalue weighted by molar-refractivity contribution is 7.91. The predicted molar refractivity (Wildman–Crippen MR) is 100 cm³/mol. The molecule has 0 bridgehead atoms. The van der Waals surface area contributed by atoms with Crippen LogP contribution >= 0.6 is 11.3 Å². The molecule has 25 heavy (non-hydrogen) atoms. The molecule has 0 aliphatic carbocycles. The van der Waals surface area contributed by atoms with Gasteiger partial charge < -0.3 is 5.32 Å². The fraction of sp³-hybridized carbons (Fsp3) is 0.167. The minimum absolute atomic E-state index is 0.00651. The number of carbonyl (C=O) groups excluding carboxylic acids is 1. The number of fused-ring (bicyclic) bond motifs is 1. The van der Waals surface area contributed by atoms with E-state index in [4.69, 9.17) is 5.14 Å². The lowest BCUT2D eigenvalue weighted by Gasteiger charge is -2.16. The van der Waals surface area contributed by atoms with Crippen LogP contribution in [-0.2, 0) is 10.0 Å². The van der Waals surface area contributed by atoms with Gasteiger partial charge in [0.05, 0.1) is 10.9 Å². The van der Waals surface area contributed by atoms with Gasteiger partial charge in [-0.05, 0) is 41.8 Å². The Morgan fingerprint density at radius 2 is 1.84 bits per heavy atom. The topological polar surface area (TPSA) is 89.3 Å². The number of aryl methyl sites for hydroxylation is 1. The molecule has 0 radical (unpaired) electrons. The molecule has 0 saturated carbocycles. The number of benzene rings is 2. The van der Waals surface area contributed by atoms with Crippen LogP contribution in [0.4, 0.5) is 0 Å². The summed E-state index contributed by atoms with van der Waals surface area (Å²) in [5.41, 5.74) is 1.60. The Hall–Kier alpha value is -2.22. The molecule has 0 saturated heterocycles. The first-order chi connectivity index (χ1) is 11.8. The maximum atomic E-state index is 12.6. The van der Waals surface area contributed by atoms with Gasteiger partial charge >= 0.3 is 0 Å². The summed E-state index contributed by atoms with van der Waals surface area (Å²) < 4.78 is 22.9. The Bertz CT molecular complexity index is 1050. The molecule has 5 nitrogen and oxygen atoms in total. The van der Waals surface area contributed by atoms with Gasteiger partial charge in [0.15, 0.2) is 0 Å². The van der Waals surface area contributed by atoms with E-state index in [0.717, 1.165) is 27.7 Å². The molecule has 1 atom stereocenters. The normalized spacial score (nSPS) is 12.9. The molecule has 7 heteroatoms. The number of rotatable bonds is 4. The zero-order valence-corrected chi connectivity index (χ0v) is 15.4. The van der Waals surface area contributed by atoms with Gasteiger partial charge in [0.25, 0.3) is 5.91 Å². The Balaban J connectivity index is 1.89. The van der Waals surface area contributed by atoms with E-state index in [1.54, 1.807) is 6.92 Å².